The number of ether oxygens (including phenoxy) is 1. The van der Waals surface area contributed by atoms with Gasteiger partial charge in [0.15, 0.2) is 11.5 Å². The Morgan fingerprint density at radius 2 is 2.20 bits per heavy atom. The van der Waals surface area contributed by atoms with Gasteiger partial charge in [0, 0.05) is 27.1 Å². The van der Waals surface area contributed by atoms with Crippen LogP contribution >= 0.6 is 0 Å². The molecule has 1 aliphatic rings. The zero-order chi connectivity index (χ0) is 14.7. The maximum Gasteiger partial charge on any atom is 0.326 e. The van der Waals surface area contributed by atoms with Crippen molar-refractivity contribution < 1.29 is 19.4 Å². The number of aromatic nitrogens is 2. The predicted octanol–water partition coefficient (Wildman–Crippen LogP) is -0.485. The molecule has 2 unspecified atom stereocenters. The molecule has 2 heterocycles. The van der Waals surface area contributed by atoms with Crippen molar-refractivity contribution in [3.05, 3.63) is 17.8 Å². The molecule has 1 saturated heterocycles. The average Bonchev–Trinajstić information content (AvgIpc) is 2.91. The van der Waals surface area contributed by atoms with Gasteiger partial charge in [-0.15, -0.1) is 10.2 Å². The lowest BCUT2D eigenvalue weighted by atomic mass is 10.2. The van der Waals surface area contributed by atoms with Gasteiger partial charge in [0.25, 0.3) is 5.91 Å². The number of carboxylic acid groups (broad SMARTS) is 1. The quantitative estimate of drug-likeness (QED) is 0.767. The van der Waals surface area contributed by atoms with Crippen LogP contribution in [-0.2, 0) is 9.53 Å². The third-order valence-electron chi connectivity index (χ3n) is 3.29. The summed E-state index contributed by atoms with van der Waals surface area (Å²) >= 11 is 0. The van der Waals surface area contributed by atoms with Crippen LogP contribution in [0.3, 0.4) is 0 Å². The van der Waals surface area contributed by atoms with Crippen molar-refractivity contribution in [2.24, 2.45) is 0 Å². The first-order chi connectivity index (χ1) is 9.56. The molecule has 8 nitrogen and oxygen atoms in total. The highest BCUT2D eigenvalue weighted by Crippen LogP contribution is 2.25. The number of amides is 1. The van der Waals surface area contributed by atoms with Gasteiger partial charge < -0.3 is 20.1 Å². The lowest BCUT2D eigenvalue weighted by molar-refractivity contribution is -0.138. The smallest absolute Gasteiger partial charge is 0.326 e. The van der Waals surface area contributed by atoms with Crippen LogP contribution < -0.4 is 10.2 Å². The van der Waals surface area contributed by atoms with E-state index in [2.05, 4.69) is 15.5 Å². The number of methoxy groups -OCH3 is 1. The fourth-order valence-electron chi connectivity index (χ4n) is 2.18. The van der Waals surface area contributed by atoms with Gasteiger partial charge in [-0.25, -0.2) is 4.79 Å². The average molecular weight is 280 g/mol. The highest BCUT2D eigenvalue weighted by molar-refractivity contribution is 5.92. The van der Waals surface area contributed by atoms with Gasteiger partial charge in [-0.1, -0.05) is 0 Å². The van der Waals surface area contributed by atoms with Gasteiger partial charge >= 0.3 is 5.97 Å². The zero-order valence-corrected chi connectivity index (χ0v) is 11.2. The van der Waals surface area contributed by atoms with Crippen LogP contribution in [0.1, 0.15) is 16.9 Å². The van der Waals surface area contributed by atoms with Gasteiger partial charge in [0.2, 0.25) is 0 Å². The fraction of sp³-hybridized carbons (Fsp3) is 0.500. The van der Waals surface area contributed by atoms with Crippen LogP contribution in [0.15, 0.2) is 12.1 Å². The first kappa shape index (κ1) is 14.2. The molecule has 2 N–H and O–H groups in total. The Hall–Kier alpha value is -2.22. The molecule has 8 heteroatoms. The Morgan fingerprint density at radius 1 is 1.45 bits per heavy atom. The number of anilines is 1. The van der Waals surface area contributed by atoms with Crippen molar-refractivity contribution in [3.63, 3.8) is 0 Å². The summed E-state index contributed by atoms with van der Waals surface area (Å²) in [6.45, 7) is 0.432. The zero-order valence-electron chi connectivity index (χ0n) is 11.2. The van der Waals surface area contributed by atoms with Gasteiger partial charge in [0.05, 0.1) is 6.10 Å². The van der Waals surface area contributed by atoms with Gasteiger partial charge in [-0.2, -0.15) is 0 Å². The van der Waals surface area contributed by atoms with Crippen LogP contribution in [0.25, 0.3) is 0 Å². The number of carbonyl (C=O) groups excluding carboxylic acids is 1. The van der Waals surface area contributed by atoms with E-state index in [1.54, 1.807) is 18.1 Å². The van der Waals surface area contributed by atoms with E-state index in [1.165, 1.54) is 13.1 Å². The third kappa shape index (κ3) is 2.69. The van der Waals surface area contributed by atoms with Crippen molar-refractivity contribution in [2.75, 3.05) is 25.6 Å². The number of hydrogen-bond donors (Lipinski definition) is 2. The van der Waals surface area contributed by atoms with E-state index >= 15 is 0 Å². The molecule has 1 aliphatic heterocycles. The summed E-state index contributed by atoms with van der Waals surface area (Å²) in [6, 6.07) is 2.41. The van der Waals surface area contributed by atoms with E-state index in [1.807, 2.05) is 0 Å². The van der Waals surface area contributed by atoms with Gasteiger partial charge in [0.1, 0.15) is 6.04 Å². The molecule has 0 spiro atoms. The van der Waals surface area contributed by atoms with Crippen molar-refractivity contribution in [3.8, 4) is 0 Å². The molecule has 1 aromatic rings. The van der Waals surface area contributed by atoms with E-state index in [4.69, 9.17) is 4.74 Å². The molecule has 1 fully saturated rings. The van der Waals surface area contributed by atoms with Crippen LogP contribution in [0.2, 0.25) is 0 Å². The maximum atomic E-state index is 11.4. The highest BCUT2D eigenvalue weighted by atomic mass is 16.5. The third-order valence-corrected chi connectivity index (χ3v) is 3.29. The minimum Gasteiger partial charge on any atom is -0.480 e. The molecule has 0 bridgehead atoms. The summed E-state index contributed by atoms with van der Waals surface area (Å²) in [6.07, 6.45) is 0.238. The molecule has 0 saturated carbocycles. The van der Waals surface area contributed by atoms with Crippen molar-refractivity contribution in [1.29, 1.82) is 0 Å². The van der Waals surface area contributed by atoms with Gasteiger partial charge in [-0.3, -0.25) is 4.79 Å². The summed E-state index contributed by atoms with van der Waals surface area (Å²) in [4.78, 5) is 24.3. The normalized spacial score (nSPS) is 21.8. The first-order valence-electron chi connectivity index (χ1n) is 6.15. The molecule has 20 heavy (non-hydrogen) atoms. The van der Waals surface area contributed by atoms with Crippen LogP contribution in [-0.4, -0.2) is 60.0 Å². The largest absolute Gasteiger partial charge is 0.480 e. The topological polar surface area (TPSA) is 105 Å². The molecule has 1 aromatic heterocycles. The Kier molecular flexibility index (Phi) is 4.14. The van der Waals surface area contributed by atoms with Gasteiger partial charge in [-0.05, 0) is 12.1 Å². The van der Waals surface area contributed by atoms with Crippen LogP contribution in [0, 0.1) is 0 Å². The fourth-order valence-corrected chi connectivity index (χ4v) is 2.18. The second-order valence-electron chi connectivity index (χ2n) is 4.46. The second kappa shape index (κ2) is 5.83. The summed E-state index contributed by atoms with van der Waals surface area (Å²) in [5.74, 6) is -0.846. The summed E-state index contributed by atoms with van der Waals surface area (Å²) in [5.41, 5.74) is 0.186. The molecular formula is C12H16N4O4. The minimum atomic E-state index is -0.929. The number of nitrogens with zero attached hydrogens (tertiary/aromatic N) is 3. The Labute approximate surface area is 115 Å². The summed E-state index contributed by atoms with van der Waals surface area (Å²) < 4.78 is 5.21. The Balaban J connectivity index is 2.21. The summed E-state index contributed by atoms with van der Waals surface area (Å²) in [5, 5.41) is 19.4. The number of carbonyl (C=O) groups is 2. The number of carboxylic acids is 1. The first-order valence-corrected chi connectivity index (χ1v) is 6.15. The molecule has 0 aliphatic carbocycles. The van der Waals surface area contributed by atoms with Crippen LogP contribution in [0.5, 0.6) is 0 Å². The second-order valence-corrected chi connectivity index (χ2v) is 4.46. The van der Waals surface area contributed by atoms with E-state index in [-0.39, 0.29) is 17.7 Å². The van der Waals surface area contributed by atoms with Crippen LogP contribution in [0.4, 0.5) is 5.82 Å². The maximum absolute atomic E-state index is 11.4. The molecule has 1 amide bonds. The highest BCUT2D eigenvalue weighted by Gasteiger charge is 2.37. The molecule has 0 radical (unpaired) electrons. The van der Waals surface area contributed by atoms with Crippen molar-refractivity contribution in [2.45, 2.75) is 18.6 Å². The van der Waals surface area contributed by atoms with E-state index < -0.39 is 12.0 Å². The van der Waals surface area contributed by atoms with Crippen molar-refractivity contribution >= 4 is 17.7 Å². The Bertz CT molecular complexity index is 505. The molecule has 2 rings (SSSR count). The molecular weight excluding hydrogens is 264 g/mol. The van der Waals surface area contributed by atoms with E-state index in [9.17, 15) is 14.7 Å². The number of hydrogen-bond acceptors (Lipinski definition) is 6. The lowest BCUT2D eigenvalue weighted by Crippen LogP contribution is -2.36. The number of nitrogens with one attached hydrogen (secondary N) is 1. The Morgan fingerprint density at radius 3 is 2.70 bits per heavy atom. The van der Waals surface area contributed by atoms with Crippen molar-refractivity contribution in [1.82, 2.24) is 15.5 Å². The lowest BCUT2D eigenvalue weighted by Gasteiger charge is -2.21. The standard InChI is InChI=1S/C12H16N4O4/c1-13-11(17)8-3-4-10(15-14-8)16-6-7(20-2)5-9(16)12(18)19/h3-4,7,9H,5-6H2,1-2H3,(H,13,17)(H,18,19). The molecule has 108 valence electrons. The predicted molar refractivity (Wildman–Crippen MR) is 69.6 cm³/mol. The number of aliphatic carboxylic acids is 1. The molecule has 2 atom stereocenters. The van der Waals surface area contributed by atoms with E-state index in [0.29, 0.717) is 18.8 Å². The minimum absolute atomic E-state index is 0.156. The van der Waals surface area contributed by atoms with E-state index in [0.717, 1.165) is 0 Å². The monoisotopic (exact) mass is 280 g/mol. The molecule has 0 aromatic carbocycles. The number of rotatable bonds is 4. The SMILES string of the molecule is CNC(=O)c1ccc(N2CC(OC)CC2C(=O)O)nn1. The summed E-state index contributed by atoms with van der Waals surface area (Å²) in [7, 11) is 3.05.